The standard InChI is InChI=1S/C19H15N3O2/c1-12(14-8-6-13(11-20)7-9-14)21-19(24)16-10-18(23)22-17-5-3-2-4-15(16)17/h2-10,12H,1H3,(H,21,24)(H,22,23). The molecule has 0 aliphatic heterocycles. The first-order valence-electron chi connectivity index (χ1n) is 7.51. The Balaban J connectivity index is 1.89. The van der Waals surface area contributed by atoms with Gasteiger partial charge in [0.25, 0.3) is 5.91 Å². The van der Waals surface area contributed by atoms with Gasteiger partial charge in [-0.2, -0.15) is 5.26 Å². The molecule has 0 bridgehead atoms. The molecule has 5 heteroatoms. The number of aromatic amines is 1. The van der Waals surface area contributed by atoms with Crippen molar-refractivity contribution in [3.8, 4) is 6.07 Å². The highest BCUT2D eigenvalue weighted by molar-refractivity contribution is 6.06. The molecule has 0 radical (unpaired) electrons. The van der Waals surface area contributed by atoms with Gasteiger partial charge in [0, 0.05) is 17.0 Å². The summed E-state index contributed by atoms with van der Waals surface area (Å²) < 4.78 is 0. The van der Waals surface area contributed by atoms with Gasteiger partial charge in [0.05, 0.1) is 23.2 Å². The van der Waals surface area contributed by atoms with E-state index in [1.54, 1.807) is 42.5 Å². The van der Waals surface area contributed by atoms with E-state index < -0.39 is 0 Å². The Kier molecular flexibility index (Phi) is 4.13. The van der Waals surface area contributed by atoms with Crippen LogP contribution >= 0.6 is 0 Å². The highest BCUT2D eigenvalue weighted by Gasteiger charge is 2.15. The van der Waals surface area contributed by atoms with Crippen LogP contribution < -0.4 is 10.9 Å². The van der Waals surface area contributed by atoms with Crippen molar-refractivity contribution in [1.82, 2.24) is 10.3 Å². The second kappa shape index (κ2) is 6.39. The highest BCUT2D eigenvalue weighted by Crippen LogP contribution is 2.17. The topological polar surface area (TPSA) is 85.8 Å². The first-order valence-corrected chi connectivity index (χ1v) is 7.51. The number of amides is 1. The number of aromatic nitrogens is 1. The van der Waals surface area contributed by atoms with Crippen LogP contribution in [-0.2, 0) is 0 Å². The van der Waals surface area contributed by atoms with Gasteiger partial charge < -0.3 is 10.3 Å². The Morgan fingerprint density at radius 1 is 1.17 bits per heavy atom. The van der Waals surface area contributed by atoms with Crippen molar-refractivity contribution in [3.63, 3.8) is 0 Å². The number of nitriles is 1. The van der Waals surface area contributed by atoms with Gasteiger partial charge in [-0.1, -0.05) is 30.3 Å². The van der Waals surface area contributed by atoms with Crippen LogP contribution in [0.1, 0.15) is 34.5 Å². The molecule has 3 rings (SSSR count). The van der Waals surface area contributed by atoms with Gasteiger partial charge in [-0.25, -0.2) is 0 Å². The Bertz CT molecular complexity index is 998. The van der Waals surface area contributed by atoms with Gasteiger partial charge in [-0.15, -0.1) is 0 Å². The summed E-state index contributed by atoms with van der Waals surface area (Å²) in [6.07, 6.45) is 0. The molecule has 1 amide bonds. The number of rotatable bonds is 3. The molecule has 1 atom stereocenters. The summed E-state index contributed by atoms with van der Waals surface area (Å²) in [6.45, 7) is 1.86. The van der Waals surface area contributed by atoms with E-state index in [0.717, 1.165) is 5.56 Å². The maximum Gasteiger partial charge on any atom is 0.252 e. The number of carbonyl (C=O) groups excluding carboxylic acids is 1. The Morgan fingerprint density at radius 2 is 1.88 bits per heavy atom. The number of fused-ring (bicyclic) bond motifs is 1. The van der Waals surface area contributed by atoms with E-state index >= 15 is 0 Å². The van der Waals surface area contributed by atoms with Gasteiger partial charge in [-0.05, 0) is 30.7 Å². The number of H-pyrrole nitrogens is 1. The largest absolute Gasteiger partial charge is 0.345 e. The number of hydrogen-bond acceptors (Lipinski definition) is 3. The monoisotopic (exact) mass is 317 g/mol. The van der Waals surface area contributed by atoms with Crippen LogP contribution in [0.3, 0.4) is 0 Å². The van der Waals surface area contributed by atoms with Crippen molar-refractivity contribution in [2.75, 3.05) is 0 Å². The Labute approximate surface area is 138 Å². The van der Waals surface area contributed by atoms with Gasteiger partial charge in [-0.3, -0.25) is 9.59 Å². The first kappa shape index (κ1) is 15.5. The number of para-hydroxylation sites is 1. The van der Waals surface area contributed by atoms with E-state index in [4.69, 9.17) is 5.26 Å². The van der Waals surface area contributed by atoms with Gasteiger partial charge in [0.2, 0.25) is 5.56 Å². The quantitative estimate of drug-likeness (QED) is 0.779. The SMILES string of the molecule is CC(NC(=O)c1cc(=O)[nH]c2ccccc12)c1ccc(C#N)cc1. The van der Waals surface area contributed by atoms with Crippen molar-refractivity contribution >= 4 is 16.8 Å². The molecule has 2 N–H and O–H groups in total. The fourth-order valence-electron chi connectivity index (χ4n) is 2.60. The van der Waals surface area contributed by atoms with Crippen molar-refractivity contribution < 1.29 is 4.79 Å². The summed E-state index contributed by atoms with van der Waals surface area (Å²) in [6, 6.07) is 17.3. The zero-order valence-corrected chi connectivity index (χ0v) is 13.0. The lowest BCUT2D eigenvalue weighted by Crippen LogP contribution is -2.28. The molecule has 118 valence electrons. The summed E-state index contributed by atoms with van der Waals surface area (Å²) in [7, 11) is 0. The fraction of sp³-hybridized carbons (Fsp3) is 0.105. The molecule has 0 aliphatic carbocycles. The van der Waals surface area contributed by atoms with Crippen LogP contribution in [0.4, 0.5) is 0 Å². The zero-order valence-electron chi connectivity index (χ0n) is 13.0. The Hall–Kier alpha value is -3.39. The summed E-state index contributed by atoms with van der Waals surface area (Å²) in [4.78, 5) is 27.1. The molecule has 1 unspecified atom stereocenters. The number of carbonyl (C=O) groups is 1. The summed E-state index contributed by atoms with van der Waals surface area (Å²) >= 11 is 0. The molecule has 1 aromatic heterocycles. The molecule has 1 heterocycles. The molecule has 0 saturated carbocycles. The second-order valence-corrected chi connectivity index (χ2v) is 5.52. The lowest BCUT2D eigenvalue weighted by atomic mass is 10.0. The van der Waals surface area contributed by atoms with E-state index in [1.807, 2.05) is 13.0 Å². The molecule has 0 aliphatic rings. The normalized spacial score (nSPS) is 11.7. The summed E-state index contributed by atoms with van der Waals surface area (Å²) in [5.74, 6) is -0.311. The maximum absolute atomic E-state index is 12.6. The fourth-order valence-corrected chi connectivity index (χ4v) is 2.60. The predicted molar refractivity (Wildman–Crippen MR) is 91.6 cm³/mol. The van der Waals surface area contributed by atoms with Crippen molar-refractivity contribution in [3.05, 3.63) is 81.6 Å². The highest BCUT2D eigenvalue weighted by atomic mass is 16.2. The molecule has 5 nitrogen and oxygen atoms in total. The average molecular weight is 317 g/mol. The number of benzene rings is 2. The summed E-state index contributed by atoms with van der Waals surface area (Å²) in [5.41, 5.74) is 2.11. The van der Waals surface area contributed by atoms with Crippen molar-refractivity contribution in [2.45, 2.75) is 13.0 Å². The molecular weight excluding hydrogens is 302 g/mol. The van der Waals surface area contributed by atoms with E-state index in [9.17, 15) is 9.59 Å². The molecule has 3 aromatic rings. The van der Waals surface area contributed by atoms with Crippen molar-refractivity contribution in [1.29, 1.82) is 5.26 Å². The van der Waals surface area contributed by atoms with Gasteiger partial charge >= 0.3 is 0 Å². The smallest absolute Gasteiger partial charge is 0.252 e. The first-order chi connectivity index (χ1) is 11.6. The maximum atomic E-state index is 12.6. The molecule has 0 spiro atoms. The minimum absolute atomic E-state index is 0.247. The lowest BCUT2D eigenvalue weighted by molar-refractivity contribution is 0.0941. The van der Waals surface area contributed by atoms with Crippen molar-refractivity contribution in [2.24, 2.45) is 0 Å². The van der Waals surface area contributed by atoms with Crippen LogP contribution in [0.25, 0.3) is 10.9 Å². The predicted octanol–water partition coefficient (Wildman–Crippen LogP) is 2.89. The minimum atomic E-state index is -0.315. The van der Waals surface area contributed by atoms with Crippen LogP contribution in [0.5, 0.6) is 0 Å². The molecule has 2 aromatic carbocycles. The van der Waals surface area contributed by atoms with E-state index in [0.29, 0.717) is 22.0 Å². The van der Waals surface area contributed by atoms with Crippen LogP contribution in [0, 0.1) is 11.3 Å². The van der Waals surface area contributed by atoms with E-state index in [-0.39, 0.29) is 17.5 Å². The van der Waals surface area contributed by atoms with Crippen LogP contribution in [-0.4, -0.2) is 10.9 Å². The third-order valence-corrected chi connectivity index (χ3v) is 3.88. The number of pyridine rings is 1. The number of nitrogens with one attached hydrogen (secondary N) is 2. The van der Waals surface area contributed by atoms with E-state index in [1.165, 1.54) is 6.07 Å². The zero-order chi connectivity index (χ0) is 17.1. The third-order valence-electron chi connectivity index (χ3n) is 3.88. The van der Waals surface area contributed by atoms with Crippen LogP contribution in [0.2, 0.25) is 0 Å². The summed E-state index contributed by atoms with van der Waals surface area (Å²) in [5, 5.41) is 12.4. The molecule has 0 fully saturated rings. The third kappa shape index (κ3) is 3.03. The number of hydrogen-bond donors (Lipinski definition) is 2. The minimum Gasteiger partial charge on any atom is -0.345 e. The molecule has 0 saturated heterocycles. The number of nitrogens with zero attached hydrogens (tertiary/aromatic N) is 1. The van der Waals surface area contributed by atoms with Gasteiger partial charge in [0.1, 0.15) is 0 Å². The lowest BCUT2D eigenvalue weighted by Gasteiger charge is -2.15. The Morgan fingerprint density at radius 3 is 2.58 bits per heavy atom. The molecular formula is C19H15N3O2. The van der Waals surface area contributed by atoms with E-state index in [2.05, 4.69) is 16.4 Å². The second-order valence-electron chi connectivity index (χ2n) is 5.52. The van der Waals surface area contributed by atoms with Gasteiger partial charge in [0.15, 0.2) is 0 Å². The van der Waals surface area contributed by atoms with Crippen LogP contribution in [0.15, 0.2) is 59.4 Å². The average Bonchev–Trinajstić information content (AvgIpc) is 2.60. The molecule has 24 heavy (non-hydrogen) atoms.